The quantitative estimate of drug-likeness (QED) is 0.850. The number of nitrogens with zero attached hydrogens (tertiary/aromatic N) is 1. The number of ketones is 1. The van der Waals surface area contributed by atoms with Gasteiger partial charge in [0, 0.05) is 24.7 Å². The highest BCUT2D eigenvalue weighted by Gasteiger charge is 2.29. The highest BCUT2D eigenvalue weighted by molar-refractivity contribution is 7.89. The Morgan fingerprint density at radius 2 is 1.95 bits per heavy atom. The first-order valence-electron chi connectivity index (χ1n) is 6.73. The summed E-state index contributed by atoms with van der Waals surface area (Å²) < 4.78 is 26.6. The second-order valence-corrected chi connectivity index (χ2v) is 7.01. The summed E-state index contributed by atoms with van der Waals surface area (Å²) in [6.45, 7) is 2.51. The molecule has 2 rings (SSSR count). The average molecular weight is 296 g/mol. The molecule has 20 heavy (non-hydrogen) atoms. The molecule has 1 aromatic rings. The predicted molar refractivity (Wildman–Crippen MR) is 77.3 cm³/mol. The minimum atomic E-state index is -3.47. The van der Waals surface area contributed by atoms with E-state index in [9.17, 15) is 13.2 Å². The zero-order valence-electron chi connectivity index (χ0n) is 11.8. The maximum Gasteiger partial charge on any atom is 0.243 e. The number of sulfonamides is 1. The Morgan fingerprint density at radius 3 is 2.50 bits per heavy atom. The maximum absolute atomic E-state index is 12.5. The molecule has 1 atom stereocenters. The van der Waals surface area contributed by atoms with Gasteiger partial charge in [-0.25, -0.2) is 8.42 Å². The lowest BCUT2D eigenvalue weighted by molar-refractivity contribution is 0.101. The van der Waals surface area contributed by atoms with Gasteiger partial charge in [-0.2, -0.15) is 4.31 Å². The summed E-state index contributed by atoms with van der Waals surface area (Å²) in [5.41, 5.74) is 0.524. The van der Waals surface area contributed by atoms with Crippen LogP contribution in [-0.4, -0.2) is 44.7 Å². The van der Waals surface area contributed by atoms with Crippen molar-refractivity contribution < 1.29 is 13.2 Å². The van der Waals surface area contributed by atoms with Gasteiger partial charge in [0.15, 0.2) is 5.78 Å². The lowest BCUT2D eigenvalue weighted by Gasteiger charge is -2.31. The summed E-state index contributed by atoms with van der Waals surface area (Å²) >= 11 is 0. The number of Topliss-reactive ketones (excluding diaryl/α,β-unsaturated/α-hetero) is 1. The first-order chi connectivity index (χ1) is 9.45. The molecule has 0 aromatic heterocycles. The van der Waals surface area contributed by atoms with Gasteiger partial charge < -0.3 is 5.32 Å². The predicted octanol–water partition coefficient (Wildman–Crippen LogP) is 1.26. The van der Waals surface area contributed by atoms with Crippen molar-refractivity contribution in [2.24, 2.45) is 0 Å². The maximum atomic E-state index is 12.5. The fraction of sp³-hybridized carbons (Fsp3) is 0.500. The first-order valence-corrected chi connectivity index (χ1v) is 8.17. The molecule has 0 spiro atoms. The Kier molecular flexibility index (Phi) is 4.57. The molecular weight excluding hydrogens is 276 g/mol. The Balaban J connectivity index is 2.23. The van der Waals surface area contributed by atoms with E-state index in [1.54, 1.807) is 12.1 Å². The summed E-state index contributed by atoms with van der Waals surface area (Å²) in [5, 5.41) is 3.13. The lowest BCUT2D eigenvalue weighted by atomic mass is 10.1. The van der Waals surface area contributed by atoms with Crippen LogP contribution in [0.5, 0.6) is 0 Å². The van der Waals surface area contributed by atoms with Gasteiger partial charge in [0.2, 0.25) is 10.0 Å². The first kappa shape index (κ1) is 15.2. The van der Waals surface area contributed by atoms with Crippen molar-refractivity contribution in [3.8, 4) is 0 Å². The standard InChI is InChI=1S/C14H20N2O3S/c1-11(17)12-5-7-14(8-6-12)20(18,19)16-9-3-4-13(10-16)15-2/h5-8,13,15H,3-4,9-10H2,1-2H3. The van der Waals surface area contributed by atoms with E-state index in [0.29, 0.717) is 18.7 Å². The Hall–Kier alpha value is -1.24. The zero-order chi connectivity index (χ0) is 14.8. The molecule has 1 saturated heterocycles. The van der Waals surface area contributed by atoms with E-state index in [-0.39, 0.29) is 16.7 Å². The number of hydrogen-bond donors (Lipinski definition) is 1. The SMILES string of the molecule is CNC1CCCN(S(=O)(=O)c2ccc(C(C)=O)cc2)C1. The molecule has 1 aliphatic heterocycles. The largest absolute Gasteiger partial charge is 0.316 e. The summed E-state index contributed by atoms with van der Waals surface area (Å²) in [4.78, 5) is 11.5. The van der Waals surface area contributed by atoms with Gasteiger partial charge in [-0.05, 0) is 38.9 Å². The molecule has 0 amide bonds. The van der Waals surface area contributed by atoms with Crippen molar-refractivity contribution in [1.82, 2.24) is 9.62 Å². The third kappa shape index (κ3) is 3.08. The van der Waals surface area contributed by atoms with Gasteiger partial charge >= 0.3 is 0 Å². The number of nitrogens with one attached hydrogen (secondary N) is 1. The van der Waals surface area contributed by atoms with Crippen LogP contribution in [0.2, 0.25) is 0 Å². The molecule has 1 aliphatic rings. The third-order valence-corrected chi connectivity index (χ3v) is 5.57. The van der Waals surface area contributed by atoms with Gasteiger partial charge in [0.25, 0.3) is 0 Å². The molecule has 1 aromatic carbocycles. The molecule has 0 radical (unpaired) electrons. The van der Waals surface area contributed by atoms with Crippen LogP contribution < -0.4 is 5.32 Å². The van der Waals surface area contributed by atoms with Crippen LogP contribution in [0.3, 0.4) is 0 Å². The van der Waals surface area contributed by atoms with Gasteiger partial charge in [-0.1, -0.05) is 12.1 Å². The van der Waals surface area contributed by atoms with Crippen molar-refractivity contribution >= 4 is 15.8 Å². The molecule has 6 heteroatoms. The third-order valence-electron chi connectivity index (χ3n) is 3.69. The van der Waals surface area contributed by atoms with Gasteiger partial charge in [0.1, 0.15) is 0 Å². The van der Waals surface area contributed by atoms with E-state index >= 15 is 0 Å². The molecule has 1 heterocycles. The van der Waals surface area contributed by atoms with Crippen molar-refractivity contribution in [2.75, 3.05) is 20.1 Å². The van der Waals surface area contributed by atoms with Crippen molar-refractivity contribution in [1.29, 1.82) is 0 Å². The topological polar surface area (TPSA) is 66.5 Å². The molecule has 110 valence electrons. The normalized spacial score (nSPS) is 20.8. The lowest BCUT2D eigenvalue weighted by Crippen LogP contribution is -2.46. The monoisotopic (exact) mass is 296 g/mol. The molecular formula is C14H20N2O3S. The van der Waals surface area contributed by atoms with Crippen LogP contribution in [0.1, 0.15) is 30.1 Å². The molecule has 0 bridgehead atoms. The van der Waals surface area contributed by atoms with Crippen molar-refractivity contribution in [2.45, 2.75) is 30.7 Å². The summed E-state index contributed by atoms with van der Waals surface area (Å²) in [6, 6.07) is 6.35. The minimum Gasteiger partial charge on any atom is -0.316 e. The number of hydrogen-bond acceptors (Lipinski definition) is 4. The van der Waals surface area contributed by atoms with Crippen LogP contribution >= 0.6 is 0 Å². The van der Waals surface area contributed by atoms with E-state index in [1.807, 2.05) is 7.05 Å². The number of rotatable bonds is 4. The number of likely N-dealkylation sites (N-methyl/N-ethyl adjacent to an activating group) is 1. The average Bonchev–Trinajstić information content (AvgIpc) is 2.47. The van der Waals surface area contributed by atoms with Gasteiger partial charge in [-0.15, -0.1) is 0 Å². The molecule has 1 unspecified atom stereocenters. The smallest absolute Gasteiger partial charge is 0.243 e. The van der Waals surface area contributed by atoms with Crippen molar-refractivity contribution in [3.63, 3.8) is 0 Å². The Bertz CT molecular complexity index is 581. The second kappa shape index (κ2) is 6.03. The molecule has 0 aliphatic carbocycles. The van der Waals surface area contributed by atoms with Crippen LogP contribution in [0.15, 0.2) is 29.2 Å². The Labute approximate surface area is 120 Å². The van der Waals surface area contributed by atoms with Gasteiger partial charge in [0.05, 0.1) is 4.90 Å². The fourth-order valence-corrected chi connectivity index (χ4v) is 3.93. The number of carbonyl (C=O) groups is 1. The molecule has 1 fully saturated rings. The fourth-order valence-electron chi connectivity index (χ4n) is 2.41. The van der Waals surface area contributed by atoms with E-state index in [4.69, 9.17) is 0 Å². The van der Waals surface area contributed by atoms with E-state index in [0.717, 1.165) is 12.8 Å². The van der Waals surface area contributed by atoms with Crippen LogP contribution in [-0.2, 0) is 10.0 Å². The Morgan fingerprint density at radius 1 is 1.30 bits per heavy atom. The van der Waals surface area contributed by atoms with E-state index < -0.39 is 10.0 Å². The summed E-state index contributed by atoms with van der Waals surface area (Å²) in [5.74, 6) is -0.0674. The van der Waals surface area contributed by atoms with Crippen molar-refractivity contribution in [3.05, 3.63) is 29.8 Å². The second-order valence-electron chi connectivity index (χ2n) is 5.07. The van der Waals surface area contributed by atoms with E-state index in [2.05, 4.69) is 5.32 Å². The summed E-state index contributed by atoms with van der Waals surface area (Å²) in [6.07, 6.45) is 1.85. The molecule has 5 nitrogen and oxygen atoms in total. The number of benzene rings is 1. The van der Waals surface area contributed by atoms with E-state index in [1.165, 1.54) is 23.4 Å². The number of carbonyl (C=O) groups excluding carboxylic acids is 1. The molecule has 1 N–H and O–H groups in total. The highest BCUT2D eigenvalue weighted by Crippen LogP contribution is 2.21. The number of piperidine rings is 1. The molecule has 0 saturated carbocycles. The highest BCUT2D eigenvalue weighted by atomic mass is 32.2. The summed E-state index contributed by atoms with van der Waals surface area (Å²) in [7, 11) is -1.62. The zero-order valence-corrected chi connectivity index (χ0v) is 12.6. The minimum absolute atomic E-state index is 0.0674. The van der Waals surface area contributed by atoms with Crippen LogP contribution in [0.4, 0.5) is 0 Å². The van der Waals surface area contributed by atoms with Crippen LogP contribution in [0, 0.1) is 0 Å². The van der Waals surface area contributed by atoms with Gasteiger partial charge in [-0.3, -0.25) is 4.79 Å². The van der Waals surface area contributed by atoms with Crippen LogP contribution in [0.25, 0.3) is 0 Å².